The zero-order valence-electron chi connectivity index (χ0n) is 17.2. The summed E-state index contributed by atoms with van der Waals surface area (Å²) in [5.74, 6) is 0.284. The molecule has 0 radical (unpaired) electrons. The van der Waals surface area contributed by atoms with E-state index in [1.807, 2.05) is 6.92 Å². The number of ether oxygens (including phenoxy) is 2. The normalized spacial score (nSPS) is 15.6. The molecule has 0 saturated carbocycles. The van der Waals surface area contributed by atoms with Crippen LogP contribution in [0.3, 0.4) is 0 Å². The lowest BCUT2D eigenvalue weighted by Gasteiger charge is -2.16. The molecule has 2 aromatic carbocycles. The van der Waals surface area contributed by atoms with Crippen molar-refractivity contribution in [3.63, 3.8) is 0 Å². The number of imide groups is 1. The lowest BCUT2D eigenvalue weighted by atomic mass is 10.1. The molecule has 5 nitrogen and oxygen atoms in total. The molecule has 170 valence electrons. The SMILES string of the molecule is CCCCOc1ccc(/C=C2\SC(=O)N(c3ccc(Cl)c(C(F)(F)F)c3)C2=O)cc1OC. The Labute approximate surface area is 192 Å². The fraction of sp³-hybridized carbons (Fsp3) is 0.273. The van der Waals surface area contributed by atoms with Crippen LogP contribution in [-0.4, -0.2) is 24.9 Å². The van der Waals surface area contributed by atoms with Gasteiger partial charge in [0.1, 0.15) is 0 Å². The molecule has 3 rings (SSSR count). The molecule has 1 saturated heterocycles. The van der Waals surface area contributed by atoms with Gasteiger partial charge in [-0.3, -0.25) is 9.59 Å². The summed E-state index contributed by atoms with van der Waals surface area (Å²) in [7, 11) is 1.48. The monoisotopic (exact) mass is 485 g/mol. The number of carbonyl (C=O) groups excluding carboxylic acids is 2. The fourth-order valence-electron chi connectivity index (χ4n) is 2.93. The predicted molar refractivity (Wildman–Crippen MR) is 118 cm³/mol. The molecule has 1 aliphatic heterocycles. The first-order valence-corrected chi connectivity index (χ1v) is 10.8. The molecule has 1 fully saturated rings. The molecule has 0 aromatic heterocycles. The minimum atomic E-state index is -4.72. The number of methoxy groups -OCH3 is 1. The van der Waals surface area contributed by atoms with E-state index in [1.54, 1.807) is 18.2 Å². The van der Waals surface area contributed by atoms with Gasteiger partial charge in [0.25, 0.3) is 11.1 Å². The van der Waals surface area contributed by atoms with Crippen LogP contribution < -0.4 is 14.4 Å². The number of anilines is 1. The van der Waals surface area contributed by atoms with E-state index in [2.05, 4.69) is 0 Å². The molecule has 2 aromatic rings. The van der Waals surface area contributed by atoms with Crippen LogP contribution in [0.1, 0.15) is 30.9 Å². The smallest absolute Gasteiger partial charge is 0.417 e. The van der Waals surface area contributed by atoms with Crippen molar-refractivity contribution in [1.29, 1.82) is 0 Å². The second-order valence-electron chi connectivity index (χ2n) is 6.79. The van der Waals surface area contributed by atoms with Gasteiger partial charge < -0.3 is 9.47 Å². The summed E-state index contributed by atoms with van der Waals surface area (Å²) in [6.07, 6.45) is -1.38. The Morgan fingerprint density at radius 2 is 1.88 bits per heavy atom. The average Bonchev–Trinajstić information content (AvgIpc) is 3.01. The largest absolute Gasteiger partial charge is 0.493 e. The highest BCUT2D eigenvalue weighted by Crippen LogP contribution is 2.41. The van der Waals surface area contributed by atoms with Crippen molar-refractivity contribution < 1.29 is 32.2 Å². The molecule has 2 amide bonds. The zero-order chi connectivity index (χ0) is 23.5. The van der Waals surface area contributed by atoms with Crippen molar-refractivity contribution in [1.82, 2.24) is 0 Å². The molecule has 10 heteroatoms. The number of carbonyl (C=O) groups is 2. The van der Waals surface area contributed by atoms with E-state index in [0.29, 0.717) is 46.4 Å². The van der Waals surface area contributed by atoms with Gasteiger partial charge in [0.05, 0.1) is 34.9 Å². The third-order valence-electron chi connectivity index (χ3n) is 4.55. The molecule has 0 aliphatic carbocycles. The van der Waals surface area contributed by atoms with Crippen molar-refractivity contribution in [3.8, 4) is 11.5 Å². The minimum absolute atomic E-state index is 0.0696. The number of halogens is 4. The molecule has 1 heterocycles. The number of rotatable bonds is 7. The summed E-state index contributed by atoms with van der Waals surface area (Å²) in [5.41, 5.74) is -0.754. The average molecular weight is 486 g/mol. The van der Waals surface area contributed by atoms with Gasteiger partial charge in [-0.1, -0.05) is 31.0 Å². The zero-order valence-corrected chi connectivity index (χ0v) is 18.7. The third-order valence-corrected chi connectivity index (χ3v) is 5.75. The number of unbranched alkanes of at least 4 members (excludes halogenated alkanes) is 1. The second kappa shape index (κ2) is 9.87. The molecule has 0 atom stereocenters. The van der Waals surface area contributed by atoms with E-state index in [1.165, 1.54) is 19.3 Å². The van der Waals surface area contributed by atoms with Crippen LogP contribution in [-0.2, 0) is 11.0 Å². The Kier molecular flexibility index (Phi) is 7.40. The summed E-state index contributed by atoms with van der Waals surface area (Å²) < 4.78 is 50.5. The highest BCUT2D eigenvalue weighted by molar-refractivity contribution is 8.19. The van der Waals surface area contributed by atoms with E-state index < -0.39 is 27.9 Å². The molecular weight excluding hydrogens is 467 g/mol. The summed E-state index contributed by atoms with van der Waals surface area (Å²) in [6, 6.07) is 7.94. The number of nitrogens with zero attached hydrogens (tertiary/aromatic N) is 1. The van der Waals surface area contributed by atoms with E-state index >= 15 is 0 Å². The molecule has 0 bridgehead atoms. The molecule has 0 unspecified atom stereocenters. The van der Waals surface area contributed by atoms with Crippen molar-refractivity contribution in [2.24, 2.45) is 0 Å². The minimum Gasteiger partial charge on any atom is -0.493 e. The van der Waals surface area contributed by atoms with Gasteiger partial charge >= 0.3 is 6.18 Å². The Morgan fingerprint density at radius 1 is 1.12 bits per heavy atom. The maximum atomic E-state index is 13.2. The van der Waals surface area contributed by atoms with Crippen molar-refractivity contribution in [2.75, 3.05) is 18.6 Å². The molecular formula is C22H19ClF3NO4S. The third kappa shape index (κ3) is 5.21. The maximum Gasteiger partial charge on any atom is 0.417 e. The number of thioether (sulfide) groups is 1. The number of hydrogen-bond acceptors (Lipinski definition) is 5. The van der Waals surface area contributed by atoms with Crippen LogP contribution in [0.25, 0.3) is 6.08 Å². The summed E-state index contributed by atoms with van der Waals surface area (Å²) >= 11 is 6.27. The lowest BCUT2D eigenvalue weighted by Crippen LogP contribution is -2.28. The molecule has 32 heavy (non-hydrogen) atoms. The van der Waals surface area contributed by atoms with Gasteiger partial charge in [-0.2, -0.15) is 13.2 Å². The first-order valence-electron chi connectivity index (χ1n) is 9.61. The van der Waals surface area contributed by atoms with Gasteiger partial charge in [0.2, 0.25) is 0 Å². The van der Waals surface area contributed by atoms with E-state index in [-0.39, 0.29) is 10.6 Å². The number of amides is 2. The Morgan fingerprint density at radius 3 is 2.53 bits per heavy atom. The van der Waals surface area contributed by atoms with Crippen LogP contribution in [0.5, 0.6) is 11.5 Å². The Bertz CT molecular complexity index is 1070. The van der Waals surface area contributed by atoms with Gasteiger partial charge in [-0.25, -0.2) is 4.90 Å². The van der Waals surface area contributed by atoms with E-state index in [9.17, 15) is 22.8 Å². The topological polar surface area (TPSA) is 55.8 Å². The van der Waals surface area contributed by atoms with E-state index in [4.69, 9.17) is 21.1 Å². The lowest BCUT2D eigenvalue weighted by molar-refractivity contribution is -0.137. The number of benzene rings is 2. The van der Waals surface area contributed by atoms with Gasteiger partial charge in [-0.05, 0) is 60.2 Å². The molecule has 0 N–H and O–H groups in total. The quantitative estimate of drug-likeness (QED) is 0.319. The molecule has 0 spiro atoms. The van der Waals surface area contributed by atoms with Crippen LogP contribution in [0.15, 0.2) is 41.3 Å². The second-order valence-corrected chi connectivity index (χ2v) is 8.19. The Balaban J connectivity index is 1.88. The van der Waals surface area contributed by atoms with Crippen molar-refractivity contribution in [3.05, 3.63) is 57.5 Å². The molecule has 1 aliphatic rings. The predicted octanol–water partition coefficient (Wildman–Crippen LogP) is 6.79. The maximum absolute atomic E-state index is 13.2. The van der Waals surface area contributed by atoms with E-state index in [0.717, 1.165) is 18.9 Å². The highest BCUT2D eigenvalue weighted by Gasteiger charge is 2.39. The summed E-state index contributed by atoms with van der Waals surface area (Å²) in [5, 5.41) is -1.22. The highest BCUT2D eigenvalue weighted by atomic mass is 35.5. The summed E-state index contributed by atoms with van der Waals surface area (Å²) in [6.45, 7) is 2.58. The fourth-order valence-corrected chi connectivity index (χ4v) is 4.00. The Hall–Kier alpha value is -2.65. The van der Waals surface area contributed by atoms with Crippen LogP contribution in [0.2, 0.25) is 5.02 Å². The standard InChI is InChI=1S/C22H19ClF3NO4S/c1-3-4-9-31-17-8-5-13(10-18(17)30-2)11-19-20(28)27(21(29)32-19)14-6-7-16(23)15(12-14)22(24,25)26/h5-8,10-12H,3-4,9H2,1-2H3/b19-11-. The van der Waals surface area contributed by atoms with Gasteiger partial charge in [0.15, 0.2) is 11.5 Å². The number of hydrogen-bond donors (Lipinski definition) is 0. The van der Waals surface area contributed by atoms with Crippen LogP contribution in [0.4, 0.5) is 23.7 Å². The van der Waals surface area contributed by atoms with Gasteiger partial charge in [0, 0.05) is 0 Å². The van der Waals surface area contributed by atoms with Gasteiger partial charge in [-0.15, -0.1) is 0 Å². The summed E-state index contributed by atoms with van der Waals surface area (Å²) in [4.78, 5) is 26.0. The van der Waals surface area contributed by atoms with Crippen LogP contribution in [0, 0.1) is 0 Å². The van der Waals surface area contributed by atoms with Crippen LogP contribution >= 0.6 is 23.4 Å². The number of alkyl halides is 3. The first-order chi connectivity index (χ1) is 15.2. The van der Waals surface area contributed by atoms with Crippen molar-refractivity contribution in [2.45, 2.75) is 25.9 Å². The van der Waals surface area contributed by atoms with Crippen molar-refractivity contribution >= 4 is 46.3 Å². The first kappa shape index (κ1) is 24.0.